The van der Waals surface area contributed by atoms with Crippen molar-refractivity contribution in [3.05, 3.63) is 59.2 Å². The van der Waals surface area contributed by atoms with Gasteiger partial charge >= 0.3 is 0 Å². The molecule has 2 heterocycles. The SMILES string of the molecule is Cc1noc(C)c1NC(=O)c1ccn(COc2ccc(C(C)(C)C)cc2)n1. The molecule has 2 aromatic heterocycles. The van der Waals surface area contributed by atoms with Crippen LogP contribution < -0.4 is 10.1 Å². The molecule has 0 aliphatic heterocycles. The number of carbonyl (C=O) groups is 1. The van der Waals surface area contributed by atoms with Crippen LogP contribution in [0.2, 0.25) is 0 Å². The van der Waals surface area contributed by atoms with Crippen LogP contribution in [0.3, 0.4) is 0 Å². The first-order valence-corrected chi connectivity index (χ1v) is 8.75. The van der Waals surface area contributed by atoms with Crippen LogP contribution in [0.15, 0.2) is 41.1 Å². The van der Waals surface area contributed by atoms with E-state index in [9.17, 15) is 4.79 Å². The monoisotopic (exact) mass is 368 g/mol. The van der Waals surface area contributed by atoms with Crippen molar-refractivity contribution in [1.29, 1.82) is 0 Å². The maximum absolute atomic E-state index is 12.3. The molecule has 0 unspecified atom stereocenters. The molecule has 3 aromatic rings. The molecule has 0 atom stereocenters. The normalized spacial score (nSPS) is 11.4. The molecule has 142 valence electrons. The van der Waals surface area contributed by atoms with Gasteiger partial charge in [0.05, 0.1) is 0 Å². The van der Waals surface area contributed by atoms with Gasteiger partial charge in [-0.3, -0.25) is 4.79 Å². The third-order valence-electron chi connectivity index (χ3n) is 4.23. The highest BCUT2D eigenvalue weighted by atomic mass is 16.5. The lowest BCUT2D eigenvalue weighted by Crippen LogP contribution is -2.15. The Morgan fingerprint density at radius 2 is 1.89 bits per heavy atom. The second-order valence-electron chi connectivity index (χ2n) is 7.44. The summed E-state index contributed by atoms with van der Waals surface area (Å²) in [6.07, 6.45) is 1.70. The average molecular weight is 368 g/mol. The lowest BCUT2D eigenvalue weighted by molar-refractivity contribution is 0.102. The van der Waals surface area contributed by atoms with Gasteiger partial charge in [0.2, 0.25) is 0 Å². The van der Waals surface area contributed by atoms with Crippen molar-refractivity contribution in [2.45, 2.75) is 46.8 Å². The van der Waals surface area contributed by atoms with Crippen molar-refractivity contribution in [3.63, 3.8) is 0 Å². The van der Waals surface area contributed by atoms with Gasteiger partial charge < -0.3 is 14.6 Å². The Labute approximate surface area is 158 Å². The molecular formula is C20H24N4O3. The van der Waals surface area contributed by atoms with Gasteiger partial charge in [-0.2, -0.15) is 5.10 Å². The van der Waals surface area contributed by atoms with Crippen molar-refractivity contribution < 1.29 is 14.1 Å². The van der Waals surface area contributed by atoms with Crippen molar-refractivity contribution >= 4 is 11.6 Å². The summed E-state index contributed by atoms with van der Waals surface area (Å²) < 4.78 is 12.4. The standard InChI is InChI=1S/C20H24N4O3/c1-13-18(14(2)27-23-13)21-19(25)17-10-11-24(22-17)12-26-16-8-6-15(7-9-16)20(3,4)5/h6-11H,12H2,1-5H3,(H,21,25). The zero-order valence-electron chi connectivity index (χ0n) is 16.2. The van der Waals surface area contributed by atoms with E-state index in [1.54, 1.807) is 30.8 Å². The molecule has 0 saturated heterocycles. The van der Waals surface area contributed by atoms with E-state index in [2.05, 4.69) is 48.5 Å². The molecule has 0 aliphatic rings. The van der Waals surface area contributed by atoms with Gasteiger partial charge in [0.15, 0.2) is 18.2 Å². The fourth-order valence-electron chi connectivity index (χ4n) is 2.59. The van der Waals surface area contributed by atoms with E-state index in [1.807, 2.05) is 12.1 Å². The minimum atomic E-state index is -0.322. The summed E-state index contributed by atoms with van der Waals surface area (Å²) in [5, 5.41) is 10.8. The zero-order valence-corrected chi connectivity index (χ0v) is 16.2. The molecule has 1 N–H and O–H groups in total. The molecule has 0 bridgehead atoms. The van der Waals surface area contributed by atoms with Gasteiger partial charge in [-0.25, -0.2) is 4.68 Å². The predicted molar refractivity (Wildman–Crippen MR) is 102 cm³/mol. The summed E-state index contributed by atoms with van der Waals surface area (Å²) in [7, 11) is 0. The molecule has 1 amide bonds. The Bertz CT molecular complexity index is 914. The highest BCUT2D eigenvalue weighted by Gasteiger charge is 2.16. The second kappa shape index (κ2) is 7.26. The molecule has 1 aromatic carbocycles. The number of nitrogens with zero attached hydrogens (tertiary/aromatic N) is 3. The summed E-state index contributed by atoms with van der Waals surface area (Å²) in [6.45, 7) is 10.2. The largest absolute Gasteiger partial charge is 0.471 e. The van der Waals surface area contributed by atoms with E-state index < -0.39 is 0 Å². The Balaban J connectivity index is 1.60. The minimum Gasteiger partial charge on any atom is -0.471 e. The lowest BCUT2D eigenvalue weighted by Gasteiger charge is -2.19. The number of amides is 1. The van der Waals surface area contributed by atoms with Gasteiger partial charge in [0, 0.05) is 6.20 Å². The Morgan fingerprint density at radius 3 is 2.48 bits per heavy atom. The van der Waals surface area contributed by atoms with Crippen molar-refractivity contribution in [2.75, 3.05) is 5.32 Å². The molecule has 0 fully saturated rings. The Morgan fingerprint density at radius 1 is 1.19 bits per heavy atom. The Kier molecular flexibility index (Phi) is 5.03. The molecule has 0 aliphatic carbocycles. The first-order valence-electron chi connectivity index (χ1n) is 8.75. The molecule has 0 radical (unpaired) electrons. The fourth-order valence-corrected chi connectivity index (χ4v) is 2.59. The number of ether oxygens (including phenoxy) is 1. The van der Waals surface area contributed by atoms with E-state index in [1.165, 1.54) is 5.56 Å². The number of aromatic nitrogens is 3. The van der Waals surface area contributed by atoms with Crippen molar-refractivity contribution in [2.24, 2.45) is 0 Å². The number of carbonyl (C=O) groups excluding carboxylic acids is 1. The molecular weight excluding hydrogens is 344 g/mol. The van der Waals surface area contributed by atoms with E-state index in [-0.39, 0.29) is 18.1 Å². The summed E-state index contributed by atoms with van der Waals surface area (Å²) in [6, 6.07) is 9.63. The predicted octanol–water partition coefficient (Wildman–Crippen LogP) is 4.07. The van der Waals surface area contributed by atoms with Crippen LogP contribution in [0.25, 0.3) is 0 Å². The van der Waals surface area contributed by atoms with Crippen LogP contribution in [0.5, 0.6) is 5.75 Å². The van der Waals surface area contributed by atoms with E-state index in [0.29, 0.717) is 22.8 Å². The number of hydrogen-bond acceptors (Lipinski definition) is 5. The van der Waals surface area contributed by atoms with Crippen molar-refractivity contribution in [1.82, 2.24) is 14.9 Å². The summed E-state index contributed by atoms with van der Waals surface area (Å²) in [4.78, 5) is 12.3. The van der Waals surface area contributed by atoms with E-state index in [4.69, 9.17) is 9.26 Å². The summed E-state index contributed by atoms with van der Waals surface area (Å²) in [5.41, 5.74) is 2.84. The van der Waals surface area contributed by atoms with Crippen LogP contribution in [0.4, 0.5) is 5.69 Å². The minimum absolute atomic E-state index is 0.101. The summed E-state index contributed by atoms with van der Waals surface area (Å²) >= 11 is 0. The van der Waals surface area contributed by atoms with Crippen LogP contribution in [-0.4, -0.2) is 20.8 Å². The summed E-state index contributed by atoms with van der Waals surface area (Å²) in [5.74, 6) is 0.986. The highest BCUT2D eigenvalue weighted by Crippen LogP contribution is 2.24. The van der Waals surface area contributed by atoms with E-state index in [0.717, 1.165) is 5.75 Å². The molecule has 7 nitrogen and oxygen atoms in total. The molecule has 7 heteroatoms. The third-order valence-corrected chi connectivity index (χ3v) is 4.23. The smallest absolute Gasteiger partial charge is 0.276 e. The number of anilines is 1. The van der Waals surface area contributed by atoms with Crippen LogP contribution in [-0.2, 0) is 12.1 Å². The van der Waals surface area contributed by atoms with Crippen LogP contribution in [0.1, 0.15) is 48.3 Å². The number of nitrogens with one attached hydrogen (secondary N) is 1. The van der Waals surface area contributed by atoms with Crippen LogP contribution >= 0.6 is 0 Å². The maximum atomic E-state index is 12.3. The number of rotatable bonds is 5. The Hall–Kier alpha value is -3.09. The number of hydrogen-bond donors (Lipinski definition) is 1. The van der Waals surface area contributed by atoms with Gasteiger partial charge in [-0.05, 0) is 43.0 Å². The highest BCUT2D eigenvalue weighted by molar-refractivity contribution is 6.03. The van der Waals surface area contributed by atoms with Crippen molar-refractivity contribution in [3.8, 4) is 5.75 Å². The number of benzene rings is 1. The molecule has 0 saturated carbocycles. The fraction of sp³-hybridized carbons (Fsp3) is 0.350. The molecule has 27 heavy (non-hydrogen) atoms. The van der Waals surface area contributed by atoms with Gasteiger partial charge in [0.25, 0.3) is 5.91 Å². The van der Waals surface area contributed by atoms with Gasteiger partial charge in [-0.1, -0.05) is 38.1 Å². The van der Waals surface area contributed by atoms with Crippen LogP contribution in [0, 0.1) is 13.8 Å². The first kappa shape index (κ1) is 18.7. The topological polar surface area (TPSA) is 82.2 Å². The van der Waals surface area contributed by atoms with Gasteiger partial charge in [-0.15, -0.1) is 0 Å². The zero-order chi connectivity index (χ0) is 19.6. The maximum Gasteiger partial charge on any atom is 0.276 e. The molecule has 0 spiro atoms. The van der Waals surface area contributed by atoms with E-state index >= 15 is 0 Å². The third kappa shape index (κ3) is 4.36. The van der Waals surface area contributed by atoms with Gasteiger partial charge in [0.1, 0.15) is 17.1 Å². The average Bonchev–Trinajstić information content (AvgIpc) is 3.22. The second-order valence-corrected chi connectivity index (χ2v) is 7.44. The number of aryl methyl sites for hydroxylation is 2. The lowest BCUT2D eigenvalue weighted by atomic mass is 9.87. The first-order chi connectivity index (χ1) is 12.7. The quantitative estimate of drug-likeness (QED) is 0.734. The molecule has 3 rings (SSSR count).